The van der Waals surface area contributed by atoms with Crippen molar-refractivity contribution in [1.82, 2.24) is 9.80 Å². The van der Waals surface area contributed by atoms with Crippen molar-refractivity contribution in [3.05, 3.63) is 94.7 Å². The first kappa shape index (κ1) is 24.7. The summed E-state index contributed by atoms with van der Waals surface area (Å²) in [5.74, 6) is 0.811. The van der Waals surface area contributed by atoms with E-state index < -0.39 is 0 Å². The summed E-state index contributed by atoms with van der Waals surface area (Å²) >= 11 is 0. The van der Waals surface area contributed by atoms with Gasteiger partial charge in [0.25, 0.3) is 5.91 Å². The minimum absolute atomic E-state index is 0.00121. The molecule has 0 N–H and O–H groups in total. The topological polar surface area (TPSA) is 53.8 Å². The van der Waals surface area contributed by atoms with E-state index >= 15 is 0 Å². The zero-order valence-electron chi connectivity index (χ0n) is 20.9. The Morgan fingerprint density at radius 2 is 1.60 bits per heavy atom. The van der Waals surface area contributed by atoms with Crippen LogP contribution in [0.15, 0.2) is 65.1 Å². The van der Waals surface area contributed by atoms with E-state index in [9.17, 15) is 14.0 Å². The molecule has 184 valence electrons. The van der Waals surface area contributed by atoms with E-state index in [-0.39, 0.29) is 42.2 Å². The van der Waals surface area contributed by atoms with Gasteiger partial charge in [0, 0.05) is 18.2 Å². The van der Waals surface area contributed by atoms with Gasteiger partial charge in [-0.2, -0.15) is 0 Å². The van der Waals surface area contributed by atoms with Crippen molar-refractivity contribution >= 4 is 11.8 Å². The molecule has 5 nitrogen and oxygen atoms in total. The number of amides is 2. The molecule has 1 aliphatic rings. The average molecular weight is 477 g/mol. The minimum atomic E-state index is -0.323. The van der Waals surface area contributed by atoms with Gasteiger partial charge < -0.3 is 14.2 Å². The highest BCUT2D eigenvalue weighted by molar-refractivity contribution is 5.97. The van der Waals surface area contributed by atoms with Gasteiger partial charge in [-0.05, 0) is 72.7 Å². The Hall–Kier alpha value is -3.41. The molecular formula is C29H33FN2O3. The maximum Gasteiger partial charge on any atom is 0.254 e. The van der Waals surface area contributed by atoms with E-state index in [0.717, 1.165) is 29.7 Å². The molecule has 1 aliphatic carbocycles. The summed E-state index contributed by atoms with van der Waals surface area (Å²) in [5.41, 5.74) is 2.55. The second-order valence-corrected chi connectivity index (χ2v) is 10.4. The van der Waals surface area contributed by atoms with Gasteiger partial charge in [-0.25, -0.2) is 4.39 Å². The van der Waals surface area contributed by atoms with Gasteiger partial charge in [-0.15, -0.1) is 0 Å². The molecule has 2 amide bonds. The van der Waals surface area contributed by atoms with E-state index in [1.54, 1.807) is 21.9 Å². The number of halogens is 1. The highest BCUT2D eigenvalue weighted by atomic mass is 19.1. The molecule has 0 spiro atoms. The maximum atomic E-state index is 13.5. The molecule has 0 atom stereocenters. The predicted octanol–water partition coefficient (Wildman–Crippen LogP) is 5.86. The lowest BCUT2D eigenvalue weighted by Crippen LogP contribution is -2.43. The number of carbonyl (C=O) groups excluding carboxylic acids is 2. The number of furan rings is 1. The lowest BCUT2D eigenvalue weighted by molar-refractivity contribution is -0.133. The van der Waals surface area contributed by atoms with Crippen molar-refractivity contribution in [2.75, 3.05) is 6.54 Å². The average Bonchev–Trinajstić information content (AvgIpc) is 3.58. The van der Waals surface area contributed by atoms with E-state index in [1.165, 1.54) is 12.1 Å². The highest BCUT2D eigenvalue weighted by Gasteiger charge is 2.35. The zero-order chi connectivity index (χ0) is 25.2. The van der Waals surface area contributed by atoms with Gasteiger partial charge in [0.05, 0.1) is 6.54 Å². The first-order chi connectivity index (χ1) is 16.6. The Morgan fingerprint density at radius 1 is 0.943 bits per heavy atom. The van der Waals surface area contributed by atoms with Gasteiger partial charge in [0.1, 0.15) is 23.9 Å². The molecule has 1 saturated carbocycles. The first-order valence-electron chi connectivity index (χ1n) is 12.1. The van der Waals surface area contributed by atoms with Crippen LogP contribution >= 0.6 is 0 Å². The lowest BCUT2D eigenvalue weighted by Gasteiger charge is -2.28. The molecule has 0 aliphatic heterocycles. The third kappa shape index (κ3) is 6.38. The Labute approximate surface area is 206 Å². The molecule has 1 fully saturated rings. The molecule has 3 aromatic rings. The fourth-order valence-electron chi connectivity index (χ4n) is 4.08. The standard InChI is InChI=1S/C29H33FN2O3/c1-20-5-16-26(35-20)18-31(17-21-6-12-24(30)13-7-21)27(33)19-32(25-14-15-25)28(34)22-8-10-23(11-9-22)29(2,3)4/h5-13,16,25H,14-15,17-19H2,1-4H3. The number of hydrogen-bond donors (Lipinski definition) is 0. The monoisotopic (exact) mass is 476 g/mol. The van der Waals surface area contributed by atoms with Crippen LogP contribution in [0.4, 0.5) is 4.39 Å². The van der Waals surface area contributed by atoms with Crippen LogP contribution in [-0.2, 0) is 23.3 Å². The fourth-order valence-corrected chi connectivity index (χ4v) is 4.08. The quantitative estimate of drug-likeness (QED) is 0.409. The highest BCUT2D eigenvalue weighted by Crippen LogP contribution is 2.29. The molecule has 4 rings (SSSR count). The minimum Gasteiger partial charge on any atom is -0.464 e. The zero-order valence-corrected chi connectivity index (χ0v) is 20.9. The molecule has 2 aromatic carbocycles. The van der Waals surface area contributed by atoms with Gasteiger partial charge in [-0.3, -0.25) is 9.59 Å². The van der Waals surface area contributed by atoms with Crippen LogP contribution in [0, 0.1) is 12.7 Å². The predicted molar refractivity (Wildman–Crippen MR) is 133 cm³/mol. The number of carbonyl (C=O) groups is 2. The van der Waals surface area contributed by atoms with Crippen LogP contribution in [0.3, 0.4) is 0 Å². The summed E-state index contributed by atoms with van der Waals surface area (Å²) in [7, 11) is 0. The Bertz CT molecular complexity index is 1170. The van der Waals surface area contributed by atoms with E-state index in [2.05, 4.69) is 20.8 Å². The van der Waals surface area contributed by atoms with Crippen molar-refractivity contribution in [1.29, 1.82) is 0 Å². The van der Waals surface area contributed by atoms with Crippen molar-refractivity contribution in [2.24, 2.45) is 0 Å². The third-order valence-corrected chi connectivity index (χ3v) is 6.33. The summed E-state index contributed by atoms with van der Waals surface area (Å²) in [6.45, 7) is 8.82. The number of hydrogen-bond acceptors (Lipinski definition) is 3. The number of nitrogens with zero attached hydrogens (tertiary/aromatic N) is 2. The second kappa shape index (κ2) is 10.1. The third-order valence-electron chi connectivity index (χ3n) is 6.33. The van der Waals surface area contributed by atoms with Crippen LogP contribution in [0.2, 0.25) is 0 Å². The van der Waals surface area contributed by atoms with E-state index in [0.29, 0.717) is 17.9 Å². The van der Waals surface area contributed by atoms with Gasteiger partial charge >= 0.3 is 0 Å². The number of rotatable bonds is 8. The van der Waals surface area contributed by atoms with Gasteiger partial charge in [0.2, 0.25) is 5.91 Å². The van der Waals surface area contributed by atoms with Gasteiger partial charge in [0.15, 0.2) is 0 Å². The van der Waals surface area contributed by atoms with E-state index in [1.807, 2.05) is 43.3 Å². The second-order valence-electron chi connectivity index (χ2n) is 10.4. The fraction of sp³-hybridized carbons (Fsp3) is 0.379. The summed E-state index contributed by atoms with van der Waals surface area (Å²) in [6, 6.07) is 17.6. The molecule has 0 radical (unpaired) electrons. The summed E-state index contributed by atoms with van der Waals surface area (Å²) in [5, 5.41) is 0. The normalized spacial score (nSPS) is 13.5. The maximum absolute atomic E-state index is 13.5. The lowest BCUT2D eigenvalue weighted by atomic mass is 9.86. The molecule has 0 bridgehead atoms. The largest absolute Gasteiger partial charge is 0.464 e. The molecular weight excluding hydrogens is 443 g/mol. The van der Waals surface area contributed by atoms with Crippen LogP contribution in [-0.4, -0.2) is 34.2 Å². The Balaban J connectivity index is 1.52. The van der Waals surface area contributed by atoms with Crippen molar-refractivity contribution in [3.8, 4) is 0 Å². The van der Waals surface area contributed by atoms with Crippen LogP contribution < -0.4 is 0 Å². The molecule has 1 heterocycles. The van der Waals surface area contributed by atoms with Crippen molar-refractivity contribution < 1.29 is 18.4 Å². The Kier molecular flexibility index (Phi) is 7.10. The van der Waals surface area contributed by atoms with Crippen LogP contribution in [0.5, 0.6) is 0 Å². The summed E-state index contributed by atoms with van der Waals surface area (Å²) < 4.78 is 19.1. The smallest absolute Gasteiger partial charge is 0.254 e. The molecule has 0 saturated heterocycles. The van der Waals surface area contributed by atoms with Crippen LogP contribution in [0.25, 0.3) is 0 Å². The molecule has 0 unspecified atom stereocenters. The first-order valence-corrected chi connectivity index (χ1v) is 12.1. The Morgan fingerprint density at radius 3 is 2.14 bits per heavy atom. The van der Waals surface area contributed by atoms with Gasteiger partial charge in [-0.1, -0.05) is 45.0 Å². The SMILES string of the molecule is Cc1ccc(CN(Cc2ccc(F)cc2)C(=O)CN(C(=O)c2ccc(C(C)(C)C)cc2)C2CC2)o1. The van der Waals surface area contributed by atoms with Crippen molar-refractivity contribution in [3.63, 3.8) is 0 Å². The van der Waals surface area contributed by atoms with Crippen LogP contribution in [0.1, 0.15) is 66.6 Å². The molecule has 1 aromatic heterocycles. The molecule has 6 heteroatoms. The summed E-state index contributed by atoms with van der Waals surface area (Å²) in [4.78, 5) is 30.3. The van der Waals surface area contributed by atoms with Crippen molar-refractivity contribution in [2.45, 2.75) is 65.1 Å². The number of benzene rings is 2. The summed E-state index contributed by atoms with van der Waals surface area (Å²) in [6.07, 6.45) is 1.79. The molecule has 35 heavy (non-hydrogen) atoms. The number of aryl methyl sites for hydroxylation is 1. The van der Waals surface area contributed by atoms with E-state index in [4.69, 9.17) is 4.42 Å².